The summed E-state index contributed by atoms with van der Waals surface area (Å²) in [5, 5.41) is 0. The molecule has 130 valence electrons. The standard InChI is InChI=1S/C21H23NO2S/c1-3-16-9-11-17(12-10-16)21(19-5-4-6-20(19)23)22-25(24)18-13-7-15(2)8-14-18/h5,7-14,21-22H,3-4,6H2,1-2H3/t21-,25?/m0/s1. The zero-order valence-electron chi connectivity index (χ0n) is 14.6. The zero-order valence-corrected chi connectivity index (χ0v) is 15.4. The summed E-state index contributed by atoms with van der Waals surface area (Å²) in [5.74, 6) is 0.137. The highest BCUT2D eigenvalue weighted by Crippen LogP contribution is 2.29. The van der Waals surface area contributed by atoms with E-state index in [2.05, 4.69) is 23.8 Å². The normalized spacial score (nSPS) is 16.6. The van der Waals surface area contributed by atoms with Crippen molar-refractivity contribution in [1.82, 2.24) is 4.72 Å². The monoisotopic (exact) mass is 353 g/mol. The molecule has 0 fully saturated rings. The van der Waals surface area contributed by atoms with Crippen LogP contribution in [0.5, 0.6) is 0 Å². The highest BCUT2D eigenvalue weighted by atomic mass is 32.2. The Hall–Kier alpha value is -2.04. The third-order valence-corrected chi connectivity index (χ3v) is 5.70. The Kier molecular flexibility index (Phi) is 5.61. The summed E-state index contributed by atoms with van der Waals surface area (Å²) in [6.07, 6.45) is 4.24. The Morgan fingerprint density at radius 1 is 1.08 bits per heavy atom. The summed E-state index contributed by atoms with van der Waals surface area (Å²) >= 11 is 0. The van der Waals surface area contributed by atoms with E-state index in [1.807, 2.05) is 49.4 Å². The molecule has 2 atom stereocenters. The minimum atomic E-state index is -1.38. The number of ketones is 1. The molecule has 3 rings (SSSR count). The van der Waals surface area contributed by atoms with Crippen LogP contribution in [-0.2, 0) is 22.2 Å². The summed E-state index contributed by atoms with van der Waals surface area (Å²) in [4.78, 5) is 13.0. The molecule has 1 aliphatic rings. The van der Waals surface area contributed by atoms with E-state index in [0.29, 0.717) is 11.3 Å². The van der Waals surface area contributed by atoms with E-state index < -0.39 is 11.0 Å². The van der Waals surface area contributed by atoms with Crippen LogP contribution in [0.1, 0.15) is 42.5 Å². The van der Waals surface area contributed by atoms with Gasteiger partial charge in [-0.05, 0) is 43.0 Å². The molecule has 3 nitrogen and oxygen atoms in total. The first-order chi connectivity index (χ1) is 12.1. The average molecular weight is 353 g/mol. The molecule has 4 heteroatoms. The largest absolute Gasteiger partial charge is 0.294 e. The van der Waals surface area contributed by atoms with Crippen molar-refractivity contribution in [2.24, 2.45) is 0 Å². The molecule has 0 spiro atoms. The van der Waals surface area contributed by atoms with Crippen LogP contribution in [0.3, 0.4) is 0 Å². The van der Waals surface area contributed by atoms with Crippen LogP contribution in [0.25, 0.3) is 0 Å². The van der Waals surface area contributed by atoms with Crippen LogP contribution in [0.4, 0.5) is 0 Å². The molecule has 0 amide bonds. The van der Waals surface area contributed by atoms with Gasteiger partial charge in [0.25, 0.3) is 0 Å². The van der Waals surface area contributed by atoms with Crippen molar-refractivity contribution in [2.75, 3.05) is 0 Å². The number of carbonyl (C=O) groups is 1. The molecular formula is C21H23NO2S. The van der Waals surface area contributed by atoms with E-state index in [1.165, 1.54) is 5.56 Å². The maximum Gasteiger partial charge on any atom is 0.160 e. The van der Waals surface area contributed by atoms with Gasteiger partial charge < -0.3 is 0 Å². The van der Waals surface area contributed by atoms with E-state index in [9.17, 15) is 9.00 Å². The highest BCUT2D eigenvalue weighted by Gasteiger charge is 2.27. The van der Waals surface area contributed by atoms with E-state index >= 15 is 0 Å². The number of rotatable bonds is 6. The van der Waals surface area contributed by atoms with Gasteiger partial charge >= 0.3 is 0 Å². The third-order valence-electron chi connectivity index (χ3n) is 4.55. The predicted molar refractivity (Wildman–Crippen MR) is 102 cm³/mol. The summed E-state index contributed by atoms with van der Waals surface area (Å²) < 4.78 is 15.9. The van der Waals surface area contributed by atoms with Crippen LogP contribution in [0, 0.1) is 6.92 Å². The molecule has 0 bridgehead atoms. The maximum absolute atomic E-state index is 12.8. The smallest absolute Gasteiger partial charge is 0.160 e. The van der Waals surface area contributed by atoms with Gasteiger partial charge in [0.05, 0.1) is 10.9 Å². The maximum atomic E-state index is 12.8. The molecule has 0 heterocycles. The number of allylic oxidation sites excluding steroid dienone is 1. The molecule has 0 saturated heterocycles. The summed E-state index contributed by atoms with van der Waals surface area (Å²) in [6.45, 7) is 4.11. The van der Waals surface area contributed by atoms with Crippen molar-refractivity contribution in [3.63, 3.8) is 0 Å². The molecule has 0 radical (unpaired) electrons. The number of Topliss-reactive ketones (excluding diaryl/α,β-unsaturated/α-hetero) is 1. The van der Waals surface area contributed by atoms with Gasteiger partial charge in [-0.25, -0.2) is 8.93 Å². The number of nitrogens with one attached hydrogen (secondary N) is 1. The van der Waals surface area contributed by atoms with Crippen LogP contribution in [0.2, 0.25) is 0 Å². The van der Waals surface area contributed by atoms with Gasteiger partial charge in [0.15, 0.2) is 5.78 Å². The van der Waals surface area contributed by atoms with Crippen molar-refractivity contribution >= 4 is 16.8 Å². The van der Waals surface area contributed by atoms with Crippen molar-refractivity contribution in [3.8, 4) is 0 Å². The van der Waals surface area contributed by atoms with E-state index in [-0.39, 0.29) is 11.8 Å². The first-order valence-corrected chi connectivity index (χ1v) is 9.80. The van der Waals surface area contributed by atoms with Gasteiger partial charge in [0.2, 0.25) is 0 Å². The van der Waals surface area contributed by atoms with Crippen LogP contribution >= 0.6 is 0 Å². The molecular weight excluding hydrogens is 330 g/mol. The lowest BCUT2D eigenvalue weighted by molar-refractivity contribution is -0.115. The third kappa shape index (κ3) is 4.14. The van der Waals surface area contributed by atoms with Crippen LogP contribution in [-0.4, -0.2) is 9.99 Å². The second-order valence-electron chi connectivity index (χ2n) is 6.35. The van der Waals surface area contributed by atoms with Gasteiger partial charge in [-0.15, -0.1) is 0 Å². The molecule has 25 heavy (non-hydrogen) atoms. The molecule has 1 unspecified atom stereocenters. The lowest BCUT2D eigenvalue weighted by Crippen LogP contribution is -2.27. The van der Waals surface area contributed by atoms with Gasteiger partial charge in [0, 0.05) is 12.0 Å². The number of hydrogen-bond donors (Lipinski definition) is 1. The fourth-order valence-electron chi connectivity index (χ4n) is 2.99. The molecule has 2 aromatic rings. The summed E-state index contributed by atoms with van der Waals surface area (Å²) in [7, 11) is -1.38. The molecule has 0 saturated carbocycles. The Bertz CT molecular complexity index is 807. The molecule has 0 aromatic heterocycles. The Morgan fingerprint density at radius 3 is 2.32 bits per heavy atom. The number of hydrogen-bond acceptors (Lipinski definition) is 2. The Balaban J connectivity index is 1.89. The van der Waals surface area contributed by atoms with Crippen LogP contribution in [0.15, 0.2) is 65.1 Å². The van der Waals surface area contributed by atoms with Crippen LogP contribution < -0.4 is 4.72 Å². The van der Waals surface area contributed by atoms with E-state index in [4.69, 9.17) is 0 Å². The quantitative estimate of drug-likeness (QED) is 0.846. The SMILES string of the molecule is CCc1ccc([C@H](NS(=O)c2ccc(C)cc2)C2=CCCC2=O)cc1. The van der Waals surface area contributed by atoms with Crippen molar-refractivity contribution in [3.05, 3.63) is 76.9 Å². The number of benzene rings is 2. The van der Waals surface area contributed by atoms with Gasteiger partial charge in [-0.2, -0.15) is 0 Å². The fraction of sp³-hybridized carbons (Fsp3) is 0.286. The Labute approximate surface area is 151 Å². The second kappa shape index (κ2) is 7.89. The first-order valence-electron chi connectivity index (χ1n) is 8.65. The highest BCUT2D eigenvalue weighted by molar-refractivity contribution is 7.83. The Morgan fingerprint density at radius 2 is 1.76 bits per heavy atom. The number of aryl methyl sites for hydroxylation is 2. The zero-order chi connectivity index (χ0) is 17.8. The number of carbonyl (C=O) groups excluding carboxylic acids is 1. The lowest BCUT2D eigenvalue weighted by atomic mass is 9.97. The molecule has 1 aliphatic carbocycles. The molecule has 0 aliphatic heterocycles. The lowest BCUT2D eigenvalue weighted by Gasteiger charge is -2.20. The van der Waals surface area contributed by atoms with Gasteiger partial charge in [0.1, 0.15) is 11.0 Å². The van der Waals surface area contributed by atoms with Gasteiger partial charge in [-0.1, -0.05) is 55.0 Å². The van der Waals surface area contributed by atoms with E-state index in [0.717, 1.165) is 29.5 Å². The van der Waals surface area contributed by atoms with Crippen molar-refractivity contribution < 1.29 is 9.00 Å². The van der Waals surface area contributed by atoms with Gasteiger partial charge in [-0.3, -0.25) is 4.79 Å². The fourth-order valence-corrected chi connectivity index (χ4v) is 3.99. The minimum Gasteiger partial charge on any atom is -0.294 e. The first kappa shape index (κ1) is 17.8. The van der Waals surface area contributed by atoms with Crippen molar-refractivity contribution in [2.45, 2.75) is 44.0 Å². The second-order valence-corrected chi connectivity index (χ2v) is 7.59. The van der Waals surface area contributed by atoms with Crippen molar-refractivity contribution in [1.29, 1.82) is 0 Å². The topological polar surface area (TPSA) is 46.2 Å². The average Bonchev–Trinajstić information content (AvgIpc) is 3.06. The predicted octanol–water partition coefficient (Wildman–Crippen LogP) is 4.20. The minimum absolute atomic E-state index is 0.137. The molecule has 2 aromatic carbocycles. The summed E-state index contributed by atoms with van der Waals surface area (Å²) in [6, 6.07) is 15.5. The van der Waals surface area contributed by atoms with E-state index in [1.54, 1.807) is 0 Å². The molecule has 1 N–H and O–H groups in total. The summed E-state index contributed by atoms with van der Waals surface area (Å²) in [5.41, 5.74) is 4.07.